The summed E-state index contributed by atoms with van der Waals surface area (Å²) in [5.74, 6) is 1.47. The highest BCUT2D eigenvalue weighted by atomic mass is 16.5. The number of hydrogen-bond acceptors (Lipinski definition) is 5. The molecule has 0 aliphatic carbocycles. The Bertz CT molecular complexity index is 717. The van der Waals surface area contributed by atoms with Gasteiger partial charge < -0.3 is 19.7 Å². The molecular weight excluding hydrogens is 338 g/mol. The predicted octanol–water partition coefficient (Wildman–Crippen LogP) is 2.91. The summed E-state index contributed by atoms with van der Waals surface area (Å²) in [7, 11) is 1.72. The van der Waals surface area contributed by atoms with Crippen molar-refractivity contribution in [1.29, 1.82) is 0 Å². The van der Waals surface area contributed by atoms with Crippen molar-refractivity contribution in [2.45, 2.75) is 31.3 Å². The third kappa shape index (κ3) is 4.60. The molecular formula is C22H29N3O2. The van der Waals surface area contributed by atoms with E-state index in [2.05, 4.69) is 45.5 Å². The van der Waals surface area contributed by atoms with Crippen LogP contribution in [0.25, 0.3) is 0 Å². The number of piperidine rings is 1. The van der Waals surface area contributed by atoms with Gasteiger partial charge >= 0.3 is 0 Å². The van der Waals surface area contributed by atoms with E-state index < -0.39 is 0 Å². The second kappa shape index (κ2) is 8.72. The number of rotatable bonds is 6. The van der Waals surface area contributed by atoms with Gasteiger partial charge in [-0.15, -0.1) is 0 Å². The van der Waals surface area contributed by atoms with E-state index in [0.29, 0.717) is 18.0 Å². The summed E-state index contributed by atoms with van der Waals surface area (Å²) in [6, 6.07) is 13.6. The lowest BCUT2D eigenvalue weighted by Gasteiger charge is -2.36. The number of benzene rings is 1. The number of pyridine rings is 1. The molecule has 144 valence electrons. The molecule has 0 unspecified atom stereocenters. The topological polar surface area (TPSA) is 46.6 Å². The summed E-state index contributed by atoms with van der Waals surface area (Å²) in [6.07, 6.45) is 7.14. The third-order valence-electron chi connectivity index (χ3n) is 5.81. The molecule has 4 rings (SSSR count). The van der Waals surface area contributed by atoms with Crippen LogP contribution in [-0.2, 0) is 11.2 Å². The molecule has 1 N–H and O–H groups in total. The highest BCUT2D eigenvalue weighted by Crippen LogP contribution is 2.26. The summed E-state index contributed by atoms with van der Waals surface area (Å²) in [5, 5.41) is 3.89. The lowest BCUT2D eigenvalue weighted by atomic mass is 9.93. The average Bonchev–Trinajstić information content (AvgIpc) is 3.16. The molecule has 5 nitrogen and oxygen atoms in total. The second-order valence-corrected chi connectivity index (χ2v) is 7.59. The molecule has 0 saturated carbocycles. The average molecular weight is 367 g/mol. The fourth-order valence-corrected chi connectivity index (χ4v) is 4.22. The molecule has 0 spiro atoms. The summed E-state index contributed by atoms with van der Waals surface area (Å²) < 4.78 is 11.2. The van der Waals surface area contributed by atoms with Crippen molar-refractivity contribution in [2.24, 2.45) is 5.92 Å². The Kier molecular flexibility index (Phi) is 5.90. The highest BCUT2D eigenvalue weighted by molar-refractivity contribution is 5.51. The van der Waals surface area contributed by atoms with Gasteiger partial charge in [-0.2, -0.15) is 0 Å². The van der Waals surface area contributed by atoms with Gasteiger partial charge in [0, 0.05) is 55.2 Å². The van der Waals surface area contributed by atoms with Crippen LogP contribution in [0.4, 0.5) is 5.69 Å². The molecule has 2 aromatic rings. The first-order valence-corrected chi connectivity index (χ1v) is 9.93. The Morgan fingerprint density at radius 2 is 1.96 bits per heavy atom. The summed E-state index contributed by atoms with van der Waals surface area (Å²) in [5.41, 5.74) is 2.60. The Balaban J connectivity index is 1.29. The van der Waals surface area contributed by atoms with Crippen LogP contribution in [0.2, 0.25) is 0 Å². The lowest BCUT2D eigenvalue weighted by molar-refractivity contribution is 0.181. The Hall–Kier alpha value is -2.11. The van der Waals surface area contributed by atoms with Crippen molar-refractivity contribution in [3.8, 4) is 5.75 Å². The largest absolute Gasteiger partial charge is 0.497 e. The van der Waals surface area contributed by atoms with Crippen LogP contribution in [0, 0.1) is 5.92 Å². The first-order valence-electron chi connectivity index (χ1n) is 9.93. The van der Waals surface area contributed by atoms with E-state index in [-0.39, 0.29) is 0 Å². The number of hydrogen-bond donors (Lipinski definition) is 1. The first-order chi connectivity index (χ1) is 13.3. The van der Waals surface area contributed by atoms with Crippen molar-refractivity contribution in [3.05, 3.63) is 54.4 Å². The second-order valence-electron chi connectivity index (χ2n) is 7.59. The minimum atomic E-state index is 0.450. The van der Waals surface area contributed by atoms with Gasteiger partial charge in [0.2, 0.25) is 0 Å². The molecule has 2 aliphatic heterocycles. The van der Waals surface area contributed by atoms with Gasteiger partial charge in [0.1, 0.15) is 5.75 Å². The molecule has 0 bridgehead atoms. The summed E-state index contributed by atoms with van der Waals surface area (Å²) in [4.78, 5) is 6.57. The fraction of sp³-hybridized carbons (Fsp3) is 0.500. The maximum Gasteiger partial charge on any atom is 0.120 e. The Labute approximate surface area is 161 Å². The fourth-order valence-electron chi connectivity index (χ4n) is 4.22. The van der Waals surface area contributed by atoms with E-state index in [1.54, 1.807) is 7.11 Å². The van der Waals surface area contributed by atoms with Gasteiger partial charge in [0.25, 0.3) is 0 Å². The zero-order valence-corrected chi connectivity index (χ0v) is 16.0. The molecule has 0 amide bonds. The molecule has 3 heterocycles. The van der Waals surface area contributed by atoms with E-state index in [4.69, 9.17) is 9.47 Å². The molecule has 27 heavy (non-hydrogen) atoms. The minimum absolute atomic E-state index is 0.450. The van der Waals surface area contributed by atoms with Crippen molar-refractivity contribution >= 4 is 5.69 Å². The molecule has 2 saturated heterocycles. The van der Waals surface area contributed by atoms with Crippen LogP contribution in [0.1, 0.15) is 18.4 Å². The molecule has 5 heteroatoms. The number of nitrogens with zero attached hydrogens (tertiary/aromatic N) is 2. The van der Waals surface area contributed by atoms with Crippen molar-refractivity contribution in [3.63, 3.8) is 0 Å². The number of ether oxygens (including phenoxy) is 2. The first kappa shape index (κ1) is 18.3. The number of anilines is 1. The number of nitrogens with one attached hydrogen (secondary N) is 1. The van der Waals surface area contributed by atoms with Gasteiger partial charge in [-0.25, -0.2) is 0 Å². The van der Waals surface area contributed by atoms with E-state index in [9.17, 15) is 0 Å². The van der Waals surface area contributed by atoms with Crippen LogP contribution in [0.15, 0.2) is 48.8 Å². The van der Waals surface area contributed by atoms with Gasteiger partial charge in [0.15, 0.2) is 0 Å². The van der Waals surface area contributed by atoms with Crippen LogP contribution >= 0.6 is 0 Å². The van der Waals surface area contributed by atoms with Crippen molar-refractivity contribution in [2.75, 3.05) is 38.3 Å². The number of aromatic nitrogens is 1. The molecule has 2 fully saturated rings. The summed E-state index contributed by atoms with van der Waals surface area (Å²) >= 11 is 0. The standard InChI is InChI=1S/C22H29N3O2/c1-26-21-4-2-3-20(14-21)25-11-7-19(8-12-25)24-22-16-27-15-18(22)13-17-5-9-23-10-6-17/h2-6,9-10,14,18-19,22,24H,7-8,11-13,15-16H2,1H3/t18-,22+/m1/s1. The molecule has 1 aromatic heterocycles. The summed E-state index contributed by atoms with van der Waals surface area (Å²) in [6.45, 7) is 3.83. The van der Waals surface area contributed by atoms with Crippen LogP contribution in [-0.4, -0.2) is 50.5 Å². The van der Waals surface area contributed by atoms with E-state index in [1.807, 2.05) is 18.5 Å². The quantitative estimate of drug-likeness (QED) is 0.851. The van der Waals surface area contributed by atoms with Gasteiger partial charge in [-0.1, -0.05) is 6.07 Å². The Morgan fingerprint density at radius 3 is 2.74 bits per heavy atom. The normalized spacial score (nSPS) is 23.5. The maximum absolute atomic E-state index is 5.80. The third-order valence-corrected chi connectivity index (χ3v) is 5.81. The van der Waals surface area contributed by atoms with Gasteiger partial charge in [-0.3, -0.25) is 4.98 Å². The monoisotopic (exact) mass is 367 g/mol. The predicted molar refractivity (Wildman–Crippen MR) is 107 cm³/mol. The van der Waals surface area contributed by atoms with Crippen LogP contribution in [0.5, 0.6) is 5.75 Å². The number of methoxy groups -OCH3 is 1. The molecule has 1 aromatic carbocycles. The molecule has 2 aliphatic rings. The van der Waals surface area contributed by atoms with Gasteiger partial charge in [0.05, 0.1) is 20.3 Å². The van der Waals surface area contributed by atoms with E-state index in [0.717, 1.165) is 51.3 Å². The minimum Gasteiger partial charge on any atom is -0.497 e. The van der Waals surface area contributed by atoms with Crippen LogP contribution < -0.4 is 15.0 Å². The lowest BCUT2D eigenvalue weighted by Crippen LogP contribution is -2.48. The zero-order valence-electron chi connectivity index (χ0n) is 16.0. The highest BCUT2D eigenvalue weighted by Gasteiger charge is 2.31. The SMILES string of the molecule is COc1cccc(N2CCC(N[C@H]3COC[C@H]3Cc3ccncc3)CC2)c1. The zero-order chi connectivity index (χ0) is 18.5. The smallest absolute Gasteiger partial charge is 0.120 e. The van der Waals surface area contributed by atoms with E-state index >= 15 is 0 Å². The molecule has 2 atom stereocenters. The van der Waals surface area contributed by atoms with Crippen molar-refractivity contribution < 1.29 is 9.47 Å². The maximum atomic E-state index is 5.80. The van der Waals surface area contributed by atoms with Gasteiger partial charge in [-0.05, 0) is 49.1 Å². The van der Waals surface area contributed by atoms with Crippen LogP contribution in [0.3, 0.4) is 0 Å². The Morgan fingerprint density at radius 1 is 1.15 bits per heavy atom. The van der Waals surface area contributed by atoms with E-state index in [1.165, 1.54) is 11.3 Å². The molecule has 0 radical (unpaired) electrons. The van der Waals surface area contributed by atoms with Crippen molar-refractivity contribution in [1.82, 2.24) is 10.3 Å².